The van der Waals surface area contributed by atoms with Crippen LogP contribution in [0.25, 0.3) is 11.3 Å². The van der Waals surface area contributed by atoms with E-state index in [-0.39, 0.29) is 18.1 Å². The SMILES string of the molecule is O=C(c1cn[nH]c1-c1ccsc1)N1CCO[C@H]2CCCC[C@@H]21. The van der Waals surface area contributed by atoms with E-state index in [1.807, 2.05) is 21.7 Å². The van der Waals surface area contributed by atoms with E-state index in [1.165, 1.54) is 12.8 Å². The van der Waals surface area contributed by atoms with Crippen molar-refractivity contribution in [1.82, 2.24) is 15.1 Å². The van der Waals surface area contributed by atoms with Gasteiger partial charge in [-0.2, -0.15) is 16.4 Å². The average Bonchev–Trinajstić information content (AvgIpc) is 3.24. The molecular weight excluding hydrogens is 298 g/mol. The van der Waals surface area contributed by atoms with E-state index < -0.39 is 0 Å². The summed E-state index contributed by atoms with van der Waals surface area (Å²) < 4.78 is 5.87. The van der Waals surface area contributed by atoms with E-state index in [2.05, 4.69) is 10.2 Å². The summed E-state index contributed by atoms with van der Waals surface area (Å²) in [7, 11) is 0. The fourth-order valence-electron chi connectivity index (χ4n) is 3.58. The summed E-state index contributed by atoms with van der Waals surface area (Å²) in [6.07, 6.45) is 6.36. The quantitative estimate of drug-likeness (QED) is 0.926. The summed E-state index contributed by atoms with van der Waals surface area (Å²) in [5.74, 6) is 0.0788. The van der Waals surface area contributed by atoms with Crippen molar-refractivity contribution in [3.05, 3.63) is 28.6 Å². The Morgan fingerprint density at radius 3 is 3.18 bits per heavy atom. The third kappa shape index (κ3) is 2.36. The molecule has 0 bridgehead atoms. The molecule has 0 spiro atoms. The molecule has 1 saturated carbocycles. The molecule has 2 aromatic heterocycles. The Morgan fingerprint density at radius 2 is 2.32 bits per heavy atom. The molecule has 3 heterocycles. The number of aromatic amines is 1. The van der Waals surface area contributed by atoms with Gasteiger partial charge in [0.05, 0.1) is 36.2 Å². The van der Waals surface area contributed by atoms with Crippen molar-refractivity contribution in [1.29, 1.82) is 0 Å². The molecule has 0 radical (unpaired) electrons. The zero-order valence-corrected chi connectivity index (χ0v) is 13.1. The molecule has 1 saturated heterocycles. The highest BCUT2D eigenvalue weighted by atomic mass is 32.1. The van der Waals surface area contributed by atoms with Crippen LogP contribution in [0, 0.1) is 0 Å². The minimum Gasteiger partial charge on any atom is -0.374 e. The van der Waals surface area contributed by atoms with Gasteiger partial charge in [-0.05, 0) is 24.3 Å². The van der Waals surface area contributed by atoms with Gasteiger partial charge in [-0.15, -0.1) is 0 Å². The normalized spacial score (nSPS) is 25.0. The van der Waals surface area contributed by atoms with Crippen molar-refractivity contribution < 1.29 is 9.53 Å². The van der Waals surface area contributed by atoms with Gasteiger partial charge >= 0.3 is 0 Å². The predicted octanol–water partition coefficient (Wildman–Crippen LogP) is 2.92. The lowest BCUT2D eigenvalue weighted by atomic mass is 9.89. The van der Waals surface area contributed by atoms with Gasteiger partial charge in [-0.1, -0.05) is 12.8 Å². The number of thiophene rings is 1. The number of carbonyl (C=O) groups excluding carboxylic acids is 1. The summed E-state index contributed by atoms with van der Waals surface area (Å²) in [6.45, 7) is 1.31. The van der Waals surface area contributed by atoms with Crippen LogP contribution >= 0.6 is 11.3 Å². The van der Waals surface area contributed by atoms with Gasteiger partial charge in [0.15, 0.2) is 0 Å². The maximum Gasteiger partial charge on any atom is 0.258 e. The molecule has 2 aromatic rings. The van der Waals surface area contributed by atoms with E-state index in [0.29, 0.717) is 18.7 Å². The van der Waals surface area contributed by atoms with Gasteiger partial charge in [0, 0.05) is 17.5 Å². The molecule has 1 aliphatic carbocycles. The highest BCUT2D eigenvalue weighted by molar-refractivity contribution is 7.08. The maximum absolute atomic E-state index is 13.0. The number of nitrogens with zero attached hydrogens (tertiary/aromatic N) is 2. The number of nitrogens with one attached hydrogen (secondary N) is 1. The average molecular weight is 317 g/mol. The van der Waals surface area contributed by atoms with Crippen LogP contribution in [0.3, 0.4) is 0 Å². The Labute approximate surface area is 133 Å². The lowest BCUT2D eigenvalue weighted by molar-refractivity contribution is -0.0752. The van der Waals surface area contributed by atoms with Gasteiger partial charge in [0.25, 0.3) is 5.91 Å². The Kier molecular flexibility index (Phi) is 3.72. The van der Waals surface area contributed by atoms with Crippen LogP contribution in [0.2, 0.25) is 0 Å². The van der Waals surface area contributed by atoms with Crippen molar-refractivity contribution in [2.75, 3.05) is 13.2 Å². The fraction of sp³-hybridized carbons (Fsp3) is 0.500. The van der Waals surface area contributed by atoms with E-state index in [0.717, 1.165) is 24.1 Å². The Balaban J connectivity index is 1.63. The van der Waals surface area contributed by atoms with Crippen molar-refractivity contribution in [2.45, 2.75) is 37.8 Å². The molecule has 22 heavy (non-hydrogen) atoms. The van der Waals surface area contributed by atoms with Crippen LogP contribution < -0.4 is 0 Å². The van der Waals surface area contributed by atoms with Crippen LogP contribution in [0.5, 0.6) is 0 Å². The number of H-pyrrole nitrogens is 1. The number of amides is 1. The van der Waals surface area contributed by atoms with Crippen molar-refractivity contribution in [3.63, 3.8) is 0 Å². The van der Waals surface area contributed by atoms with Gasteiger partial charge in [-0.3, -0.25) is 9.89 Å². The predicted molar refractivity (Wildman–Crippen MR) is 84.9 cm³/mol. The molecule has 2 aliphatic rings. The standard InChI is InChI=1S/C16H19N3O2S/c20-16(12-9-17-18-15(12)11-5-8-22-10-11)19-6-7-21-14-4-2-1-3-13(14)19/h5,8-10,13-14H,1-4,6-7H2,(H,17,18)/t13-,14-/m0/s1. The number of hydrogen-bond donors (Lipinski definition) is 1. The number of aromatic nitrogens is 2. The van der Waals surface area contributed by atoms with Gasteiger partial charge in [0.2, 0.25) is 0 Å². The first-order valence-corrected chi connectivity index (χ1v) is 8.77. The molecule has 4 rings (SSSR count). The summed E-state index contributed by atoms with van der Waals surface area (Å²) in [5, 5.41) is 11.1. The van der Waals surface area contributed by atoms with E-state index in [9.17, 15) is 4.79 Å². The second kappa shape index (κ2) is 5.85. The zero-order chi connectivity index (χ0) is 14.9. The number of carbonyl (C=O) groups is 1. The number of ether oxygens (including phenoxy) is 1. The van der Waals surface area contributed by atoms with Crippen LogP contribution in [0.4, 0.5) is 0 Å². The minimum atomic E-state index is 0.0788. The molecule has 2 atom stereocenters. The largest absolute Gasteiger partial charge is 0.374 e. The van der Waals surface area contributed by atoms with Gasteiger partial charge in [0.1, 0.15) is 0 Å². The van der Waals surface area contributed by atoms with Crippen LogP contribution in [0.15, 0.2) is 23.0 Å². The van der Waals surface area contributed by atoms with Gasteiger partial charge < -0.3 is 9.64 Å². The summed E-state index contributed by atoms with van der Waals surface area (Å²) in [5.41, 5.74) is 2.52. The minimum absolute atomic E-state index is 0.0788. The molecule has 2 fully saturated rings. The second-order valence-corrected chi connectivity index (χ2v) is 6.71. The number of hydrogen-bond acceptors (Lipinski definition) is 4. The molecular formula is C16H19N3O2S. The second-order valence-electron chi connectivity index (χ2n) is 5.93. The lowest BCUT2D eigenvalue weighted by Crippen LogP contribution is -2.54. The molecule has 1 N–H and O–H groups in total. The highest BCUT2D eigenvalue weighted by Gasteiger charge is 2.37. The fourth-order valence-corrected chi connectivity index (χ4v) is 4.23. The first kappa shape index (κ1) is 14.0. The Bertz CT molecular complexity index is 650. The first-order valence-electron chi connectivity index (χ1n) is 7.83. The summed E-state index contributed by atoms with van der Waals surface area (Å²) in [6, 6.07) is 2.23. The molecule has 0 unspecified atom stereocenters. The Hall–Kier alpha value is -1.66. The Morgan fingerprint density at radius 1 is 1.41 bits per heavy atom. The van der Waals surface area contributed by atoms with E-state index in [4.69, 9.17) is 4.74 Å². The topological polar surface area (TPSA) is 58.2 Å². The van der Waals surface area contributed by atoms with Crippen molar-refractivity contribution in [3.8, 4) is 11.3 Å². The van der Waals surface area contributed by atoms with Crippen LogP contribution in [-0.4, -0.2) is 46.3 Å². The van der Waals surface area contributed by atoms with E-state index in [1.54, 1.807) is 17.5 Å². The molecule has 6 heteroatoms. The maximum atomic E-state index is 13.0. The molecule has 116 valence electrons. The van der Waals surface area contributed by atoms with Crippen molar-refractivity contribution in [2.24, 2.45) is 0 Å². The van der Waals surface area contributed by atoms with E-state index >= 15 is 0 Å². The van der Waals surface area contributed by atoms with Gasteiger partial charge in [-0.25, -0.2) is 0 Å². The molecule has 5 nitrogen and oxygen atoms in total. The third-order valence-corrected chi connectivity index (χ3v) is 5.36. The number of rotatable bonds is 2. The van der Waals surface area contributed by atoms with Crippen LogP contribution in [-0.2, 0) is 4.74 Å². The summed E-state index contributed by atoms with van der Waals surface area (Å²) in [4.78, 5) is 15.1. The smallest absolute Gasteiger partial charge is 0.258 e. The zero-order valence-electron chi connectivity index (χ0n) is 12.3. The van der Waals surface area contributed by atoms with Crippen molar-refractivity contribution >= 4 is 17.2 Å². The number of fused-ring (bicyclic) bond motifs is 1. The first-order chi connectivity index (χ1) is 10.8. The molecule has 0 aromatic carbocycles. The molecule has 1 aliphatic heterocycles. The monoisotopic (exact) mass is 317 g/mol. The molecule has 1 amide bonds. The number of morpholine rings is 1. The lowest BCUT2D eigenvalue weighted by Gasteiger charge is -2.43. The summed E-state index contributed by atoms with van der Waals surface area (Å²) >= 11 is 1.62. The van der Waals surface area contributed by atoms with Crippen LogP contribution in [0.1, 0.15) is 36.0 Å². The highest BCUT2D eigenvalue weighted by Crippen LogP contribution is 2.31. The third-order valence-electron chi connectivity index (χ3n) is 4.67.